The first-order valence-electron chi connectivity index (χ1n) is 4.33. The van der Waals surface area contributed by atoms with Gasteiger partial charge in [-0.05, 0) is 33.4 Å². The van der Waals surface area contributed by atoms with Gasteiger partial charge in [0.15, 0.2) is 5.15 Å². The van der Waals surface area contributed by atoms with Crippen LogP contribution in [-0.4, -0.2) is 10.9 Å². The van der Waals surface area contributed by atoms with Gasteiger partial charge in [0, 0.05) is 10.7 Å². The fourth-order valence-corrected chi connectivity index (χ4v) is 2.20. The Morgan fingerprint density at radius 1 is 1.56 bits per heavy atom. The van der Waals surface area contributed by atoms with E-state index in [4.69, 9.17) is 11.6 Å². The van der Waals surface area contributed by atoms with Crippen LogP contribution in [0.5, 0.6) is 0 Å². The summed E-state index contributed by atoms with van der Waals surface area (Å²) in [5, 5.41) is 4.81. The van der Waals surface area contributed by atoms with E-state index in [1.165, 1.54) is 11.3 Å². The standard InChI is InChI=1S/C10H6BrClN2OS/c11-6-4-7(9(12)13-5-6)14-10(15)8-2-1-3-16-8/h1-5H,(H,14,15). The lowest BCUT2D eigenvalue weighted by Gasteiger charge is -2.05. The molecule has 0 saturated carbocycles. The lowest BCUT2D eigenvalue weighted by molar-refractivity contribution is 0.103. The molecule has 0 spiro atoms. The highest BCUT2D eigenvalue weighted by atomic mass is 79.9. The summed E-state index contributed by atoms with van der Waals surface area (Å²) in [6.07, 6.45) is 1.57. The summed E-state index contributed by atoms with van der Waals surface area (Å²) in [6, 6.07) is 5.28. The number of thiophene rings is 1. The number of aromatic nitrogens is 1. The predicted octanol–water partition coefficient (Wildman–Crippen LogP) is 3.81. The summed E-state index contributed by atoms with van der Waals surface area (Å²) in [5.74, 6) is -0.184. The van der Waals surface area contributed by atoms with Crippen molar-refractivity contribution in [3.8, 4) is 0 Å². The molecular formula is C10H6BrClN2OS. The van der Waals surface area contributed by atoms with Gasteiger partial charge < -0.3 is 5.32 Å². The molecule has 0 aliphatic heterocycles. The van der Waals surface area contributed by atoms with E-state index < -0.39 is 0 Å². The number of hydrogen-bond donors (Lipinski definition) is 1. The van der Waals surface area contributed by atoms with Crippen molar-refractivity contribution >= 4 is 50.5 Å². The van der Waals surface area contributed by atoms with Gasteiger partial charge in [0.2, 0.25) is 0 Å². The minimum atomic E-state index is -0.184. The number of nitrogens with one attached hydrogen (secondary N) is 1. The third-order valence-electron chi connectivity index (χ3n) is 1.80. The molecule has 2 heterocycles. The van der Waals surface area contributed by atoms with E-state index in [1.54, 1.807) is 18.3 Å². The van der Waals surface area contributed by atoms with Gasteiger partial charge in [-0.3, -0.25) is 4.79 Å². The molecule has 3 nitrogen and oxygen atoms in total. The van der Waals surface area contributed by atoms with Crippen LogP contribution in [0.15, 0.2) is 34.2 Å². The minimum absolute atomic E-state index is 0.184. The number of nitrogens with zero attached hydrogens (tertiary/aromatic N) is 1. The van der Waals surface area contributed by atoms with Crippen molar-refractivity contribution in [2.75, 3.05) is 5.32 Å². The Kier molecular flexibility index (Phi) is 3.58. The Labute approximate surface area is 110 Å². The van der Waals surface area contributed by atoms with Crippen molar-refractivity contribution in [1.82, 2.24) is 4.98 Å². The van der Waals surface area contributed by atoms with E-state index in [0.717, 1.165) is 4.47 Å². The molecular weight excluding hydrogens is 312 g/mol. The van der Waals surface area contributed by atoms with Gasteiger partial charge in [-0.2, -0.15) is 0 Å². The lowest BCUT2D eigenvalue weighted by Crippen LogP contribution is -2.10. The van der Waals surface area contributed by atoms with Crippen LogP contribution in [0.1, 0.15) is 9.67 Å². The number of rotatable bonds is 2. The van der Waals surface area contributed by atoms with Crippen molar-refractivity contribution in [2.45, 2.75) is 0 Å². The van der Waals surface area contributed by atoms with E-state index in [9.17, 15) is 4.79 Å². The van der Waals surface area contributed by atoms with Gasteiger partial charge >= 0.3 is 0 Å². The molecule has 0 aliphatic rings. The highest BCUT2D eigenvalue weighted by Crippen LogP contribution is 2.24. The highest BCUT2D eigenvalue weighted by molar-refractivity contribution is 9.10. The number of carbonyl (C=O) groups is 1. The van der Waals surface area contributed by atoms with Crippen molar-refractivity contribution in [3.63, 3.8) is 0 Å². The van der Waals surface area contributed by atoms with Crippen LogP contribution < -0.4 is 5.32 Å². The Morgan fingerprint density at radius 3 is 3.06 bits per heavy atom. The summed E-state index contributed by atoms with van der Waals surface area (Å²) in [4.78, 5) is 16.3. The topological polar surface area (TPSA) is 42.0 Å². The highest BCUT2D eigenvalue weighted by Gasteiger charge is 2.10. The fourth-order valence-electron chi connectivity index (χ4n) is 1.10. The number of halogens is 2. The van der Waals surface area contributed by atoms with Crippen LogP contribution in [0.2, 0.25) is 5.15 Å². The van der Waals surface area contributed by atoms with Gasteiger partial charge in [0.05, 0.1) is 10.6 Å². The number of hydrogen-bond acceptors (Lipinski definition) is 3. The average Bonchev–Trinajstić information content (AvgIpc) is 2.76. The molecule has 0 aliphatic carbocycles. The van der Waals surface area contributed by atoms with Crippen LogP contribution in [0.4, 0.5) is 5.69 Å². The summed E-state index contributed by atoms with van der Waals surface area (Å²) >= 11 is 10.5. The Bertz CT molecular complexity index is 516. The largest absolute Gasteiger partial charge is 0.319 e. The number of pyridine rings is 1. The summed E-state index contributed by atoms with van der Waals surface area (Å²) in [5.41, 5.74) is 0.495. The lowest BCUT2D eigenvalue weighted by atomic mass is 10.4. The Balaban J connectivity index is 2.21. The monoisotopic (exact) mass is 316 g/mol. The summed E-state index contributed by atoms with van der Waals surface area (Å²) < 4.78 is 0.762. The molecule has 0 fully saturated rings. The number of anilines is 1. The third-order valence-corrected chi connectivity index (χ3v) is 3.40. The third kappa shape index (κ3) is 2.61. The van der Waals surface area contributed by atoms with E-state index >= 15 is 0 Å². The molecule has 0 atom stereocenters. The van der Waals surface area contributed by atoms with E-state index in [1.807, 2.05) is 11.4 Å². The van der Waals surface area contributed by atoms with Crippen molar-refractivity contribution in [2.24, 2.45) is 0 Å². The zero-order valence-corrected chi connectivity index (χ0v) is 11.1. The summed E-state index contributed by atoms with van der Waals surface area (Å²) in [7, 11) is 0. The normalized spacial score (nSPS) is 10.1. The molecule has 1 amide bonds. The van der Waals surface area contributed by atoms with Gasteiger partial charge in [0.1, 0.15) is 0 Å². The first-order chi connectivity index (χ1) is 7.66. The molecule has 0 radical (unpaired) electrons. The summed E-state index contributed by atoms with van der Waals surface area (Å²) in [6.45, 7) is 0. The second-order valence-corrected chi connectivity index (χ2v) is 5.14. The first kappa shape index (κ1) is 11.6. The molecule has 16 heavy (non-hydrogen) atoms. The smallest absolute Gasteiger partial charge is 0.265 e. The molecule has 1 N–H and O–H groups in total. The van der Waals surface area contributed by atoms with Crippen LogP contribution in [0, 0.1) is 0 Å². The number of amides is 1. The maximum absolute atomic E-state index is 11.7. The van der Waals surface area contributed by atoms with E-state index in [-0.39, 0.29) is 11.1 Å². The van der Waals surface area contributed by atoms with Crippen molar-refractivity contribution in [1.29, 1.82) is 0 Å². The van der Waals surface area contributed by atoms with Crippen molar-refractivity contribution < 1.29 is 4.79 Å². The molecule has 0 bridgehead atoms. The van der Waals surface area contributed by atoms with Crippen LogP contribution >= 0.6 is 38.9 Å². The van der Waals surface area contributed by atoms with Gasteiger partial charge in [-0.1, -0.05) is 17.7 Å². The predicted molar refractivity (Wildman–Crippen MR) is 69.2 cm³/mol. The quantitative estimate of drug-likeness (QED) is 0.856. The van der Waals surface area contributed by atoms with Crippen LogP contribution in [0.25, 0.3) is 0 Å². The molecule has 2 rings (SSSR count). The second kappa shape index (κ2) is 4.95. The maximum atomic E-state index is 11.7. The average molecular weight is 318 g/mol. The molecule has 2 aromatic rings. The first-order valence-corrected chi connectivity index (χ1v) is 6.38. The Hall–Kier alpha value is -0.910. The molecule has 6 heteroatoms. The molecule has 0 saturated heterocycles. The minimum Gasteiger partial charge on any atom is -0.319 e. The second-order valence-electron chi connectivity index (χ2n) is 2.92. The van der Waals surface area contributed by atoms with Gasteiger partial charge in [-0.25, -0.2) is 4.98 Å². The van der Waals surface area contributed by atoms with E-state index in [0.29, 0.717) is 10.6 Å². The zero-order valence-electron chi connectivity index (χ0n) is 7.91. The fraction of sp³-hybridized carbons (Fsp3) is 0. The zero-order chi connectivity index (χ0) is 11.5. The number of carbonyl (C=O) groups excluding carboxylic acids is 1. The maximum Gasteiger partial charge on any atom is 0.265 e. The SMILES string of the molecule is O=C(Nc1cc(Br)cnc1Cl)c1cccs1. The molecule has 0 aromatic carbocycles. The van der Waals surface area contributed by atoms with Crippen molar-refractivity contribution in [3.05, 3.63) is 44.3 Å². The van der Waals surface area contributed by atoms with Crippen LogP contribution in [-0.2, 0) is 0 Å². The molecule has 2 aromatic heterocycles. The molecule has 0 unspecified atom stereocenters. The molecule has 82 valence electrons. The van der Waals surface area contributed by atoms with Crippen LogP contribution in [0.3, 0.4) is 0 Å². The van der Waals surface area contributed by atoms with Gasteiger partial charge in [-0.15, -0.1) is 11.3 Å². The Morgan fingerprint density at radius 2 is 2.38 bits per heavy atom. The van der Waals surface area contributed by atoms with Gasteiger partial charge in [0.25, 0.3) is 5.91 Å². The van der Waals surface area contributed by atoms with E-state index in [2.05, 4.69) is 26.2 Å².